The minimum atomic E-state index is -4.08. The van der Waals surface area contributed by atoms with Gasteiger partial charge < -0.3 is 5.11 Å². The average Bonchev–Trinajstić information content (AvgIpc) is 2.15. The molecule has 106 valence electrons. The second kappa shape index (κ2) is 5.57. The highest BCUT2D eigenvalue weighted by Crippen LogP contribution is 2.17. The number of nitrogens with one attached hydrogen (secondary N) is 1. The van der Waals surface area contributed by atoms with Gasteiger partial charge in [0.15, 0.2) is 14.9 Å². The first-order valence-electron chi connectivity index (χ1n) is 5.07. The molecule has 7 nitrogen and oxygen atoms in total. The van der Waals surface area contributed by atoms with E-state index in [2.05, 4.69) is 4.72 Å². The molecule has 1 aromatic rings. The Kier molecular flexibility index (Phi) is 4.53. The third-order valence-corrected chi connectivity index (χ3v) is 5.48. The van der Waals surface area contributed by atoms with Gasteiger partial charge in [0, 0.05) is 6.26 Å². The van der Waals surface area contributed by atoms with Gasteiger partial charge in [-0.05, 0) is 11.6 Å². The predicted molar refractivity (Wildman–Crippen MR) is 70.0 cm³/mol. The van der Waals surface area contributed by atoms with Crippen molar-refractivity contribution in [1.82, 2.24) is 0 Å². The van der Waals surface area contributed by atoms with E-state index in [0.717, 1.165) is 6.26 Å². The lowest BCUT2D eigenvalue weighted by Gasteiger charge is -2.10. The molecule has 0 bridgehead atoms. The van der Waals surface area contributed by atoms with Gasteiger partial charge in [-0.15, -0.1) is 0 Å². The number of sulfone groups is 1. The van der Waals surface area contributed by atoms with Crippen LogP contribution in [0.25, 0.3) is 0 Å². The summed E-state index contributed by atoms with van der Waals surface area (Å²) >= 11 is 0. The highest BCUT2D eigenvalue weighted by Gasteiger charge is 2.19. The van der Waals surface area contributed by atoms with Gasteiger partial charge >= 0.3 is 5.97 Å². The van der Waals surface area contributed by atoms with Crippen LogP contribution in [-0.4, -0.2) is 39.3 Å². The molecule has 0 aromatic heterocycles. The second-order valence-corrected chi connectivity index (χ2v) is 8.22. The Morgan fingerprint density at radius 3 is 2.32 bits per heavy atom. The quantitative estimate of drug-likeness (QED) is 0.767. The van der Waals surface area contributed by atoms with E-state index in [1.165, 1.54) is 18.2 Å². The van der Waals surface area contributed by atoms with Gasteiger partial charge in [0.1, 0.15) is 0 Å². The van der Waals surface area contributed by atoms with Crippen molar-refractivity contribution in [2.24, 2.45) is 0 Å². The maximum atomic E-state index is 11.6. The van der Waals surface area contributed by atoms with Gasteiger partial charge in [-0.25, -0.2) is 16.8 Å². The molecule has 0 aliphatic rings. The third kappa shape index (κ3) is 5.71. The lowest BCUT2D eigenvalue weighted by Crippen LogP contribution is -2.23. The molecule has 0 fully saturated rings. The number of carboxylic acid groups (broad SMARTS) is 1. The monoisotopic (exact) mass is 307 g/mol. The summed E-state index contributed by atoms with van der Waals surface area (Å²) in [6.45, 7) is 0. The number of hydrogen-bond acceptors (Lipinski definition) is 5. The van der Waals surface area contributed by atoms with Gasteiger partial charge in [0.25, 0.3) is 0 Å². The van der Waals surface area contributed by atoms with Crippen LogP contribution < -0.4 is 4.72 Å². The fourth-order valence-electron chi connectivity index (χ4n) is 1.42. The molecule has 1 aromatic carbocycles. The molecular weight excluding hydrogens is 294 g/mol. The zero-order valence-electron chi connectivity index (χ0n) is 10.0. The van der Waals surface area contributed by atoms with Crippen molar-refractivity contribution in [2.45, 2.75) is 6.42 Å². The van der Waals surface area contributed by atoms with E-state index in [4.69, 9.17) is 5.11 Å². The van der Waals surface area contributed by atoms with Crippen LogP contribution in [-0.2, 0) is 31.1 Å². The van der Waals surface area contributed by atoms with Crippen molar-refractivity contribution >= 4 is 31.5 Å². The van der Waals surface area contributed by atoms with E-state index in [-0.39, 0.29) is 17.7 Å². The lowest BCUT2D eigenvalue weighted by molar-refractivity contribution is -0.136. The van der Waals surface area contributed by atoms with Crippen molar-refractivity contribution in [3.63, 3.8) is 0 Å². The smallest absolute Gasteiger partial charge is 0.307 e. The van der Waals surface area contributed by atoms with Crippen LogP contribution >= 0.6 is 0 Å². The lowest BCUT2D eigenvalue weighted by atomic mass is 10.1. The molecule has 0 saturated heterocycles. The molecule has 0 heterocycles. The van der Waals surface area contributed by atoms with E-state index in [9.17, 15) is 21.6 Å². The molecule has 0 amide bonds. The van der Waals surface area contributed by atoms with E-state index in [1.807, 2.05) is 0 Å². The Hall–Kier alpha value is -1.61. The molecule has 0 spiro atoms. The molecule has 0 aliphatic carbocycles. The molecule has 9 heteroatoms. The number of sulfonamides is 1. The average molecular weight is 307 g/mol. The van der Waals surface area contributed by atoms with Gasteiger partial charge in [-0.1, -0.05) is 18.2 Å². The Morgan fingerprint density at radius 1 is 1.21 bits per heavy atom. The second-order valence-electron chi connectivity index (χ2n) is 3.99. The Balaban J connectivity index is 3.03. The largest absolute Gasteiger partial charge is 0.481 e. The van der Waals surface area contributed by atoms with Crippen LogP contribution in [0.15, 0.2) is 24.3 Å². The molecule has 0 aliphatic heterocycles. The summed E-state index contributed by atoms with van der Waals surface area (Å²) in [7, 11) is -7.79. The summed E-state index contributed by atoms with van der Waals surface area (Å²) in [4.78, 5) is 10.6. The van der Waals surface area contributed by atoms with Gasteiger partial charge in [0.2, 0.25) is 10.0 Å². The van der Waals surface area contributed by atoms with Gasteiger partial charge in [-0.2, -0.15) is 0 Å². The van der Waals surface area contributed by atoms with E-state index in [0.29, 0.717) is 0 Å². The Morgan fingerprint density at radius 2 is 1.79 bits per heavy atom. The number of rotatable bonds is 6. The SMILES string of the molecule is CS(=O)(=O)CS(=O)(=O)Nc1ccccc1CC(=O)O. The standard InChI is InChI=1S/C10H13NO6S2/c1-18(14,15)7-19(16,17)11-9-5-3-2-4-8(9)6-10(12)13/h2-5,11H,6-7H2,1H3,(H,12,13). The molecule has 0 saturated carbocycles. The van der Waals surface area contributed by atoms with Crippen molar-refractivity contribution in [3.8, 4) is 0 Å². The summed E-state index contributed by atoms with van der Waals surface area (Å²) in [6, 6.07) is 5.90. The molecular formula is C10H13NO6S2. The highest BCUT2D eigenvalue weighted by atomic mass is 32.3. The van der Waals surface area contributed by atoms with Crippen LogP contribution in [0.5, 0.6) is 0 Å². The van der Waals surface area contributed by atoms with Crippen LogP contribution in [0.2, 0.25) is 0 Å². The molecule has 0 radical (unpaired) electrons. The first-order valence-corrected chi connectivity index (χ1v) is 8.78. The topological polar surface area (TPSA) is 118 Å². The summed E-state index contributed by atoms with van der Waals surface area (Å²) in [5.41, 5.74) is 0.320. The maximum Gasteiger partial charge on any atom is 0.307 e. The first kappa shape index (κ1) is 15.4. The normalized spacial score (nSPS) is 12.1. The van der Waals surface area contributed by atoms with Crippen LogP contribution in [0.4, 0.5) is 5.69 Å². The van der Waals surface area contributed by atoms with Gasteiger partial charge in [-0.3, -0.25) is 9.52 Å². The van der Waals surface area contributed by atoms with Crippen LogP contribution in [0, 0.1) is 0 Å². The van der Waals surface area contributed by atoms with Crippen LogP contribution in [0.3, 0.4) is 0 Å². The van der Waals surface area contributed by atoms with Crippen molar-refractivity contribution in [2.75, 3.05) is 16.1 Å². The summed E-state index contributed by atoms with van der Waals surface area (Å²) in [5, 5.41) is 7.65. The molecule has 0 unspecified atom stereocenters. The molecule has 0 atom stereocenters. The van der Waals surface area contributed by atoms with Crippen molar-refractivity contribution < 1.29 is 26.7 Å². The Bertz CT molecular complexity index is 678. The highest BCUT2D eigenvalue weighted by molar-refractivity contribution is 8.08. The predicted octanol–water partition coefficient (Wildman–Crippen LogP) is 0.0575. The summed E-state index contributed by atoms with van der Waals surface area (Å²) < 4.78 is 47.3. The van der Waals surface area contributed by atoms with Crippen molar-refractivity contribution in [3.05, 3.63) is 29.8 Å². The fraction of sp³-hybridized carbons (Fsp3) is 0.300. The summed E-state index contributed by atoms with van der Waals surface area (Å²) in [5.74, 6) is -1.12. The van der Waals surface area contributed by atoms with Gasteiger partial charge in [0.05, 0.1) is 12.1 Å². The minimum Gasteiger partial charge on any atom is -0.481 e. The number of aliphatic carboxylic acids is 1. The van der Waals surface area contributed by atoms with Crippen LogP contribution in [0.1, 0.15) is 5.56 Å². The zero-order valence-corrected chi connectivity index (χ0v) is 11.7. The molecule has 19 heavy (non-hydrogen) atoms. The number of carbonyl (C=O) groups is 1. The number of anilines is 1. The van der Waals surface area contributed by atoms with E-state index in [1.54, 1.807) is 6.07 Å². The molecule has 2 N–H and O–H groups in total. The zero-order chi connectivity index (χ0) is 14.7. The molecule has 1 rings (SSSR count). The van der Waals surface area contributed by atoms with Crippen molar-refractivity contribution in [1.29, 1.82) is 0 Å². The first-order chi connectivity index (χ1) is 8.59. The number of benzene rings is 1. The van der Waals surface area contributed by atoms with E-state index >= 15 is 0 Å². The fourth-order valence-corrected chi connectivity index (χ4v) is 4.44. The third-order valence-electron chi connectivity index (χ3n) is 1.99. The number of para-hydroxylation sites is 1. The number of carboxylic acids is 1. The maximum absolute atomic E-state index is 11.6. The number of hydrogen-bond donors (Lipinski definition) is 2. The minimum absolute atomic E-state index is 0.0635. The van der Waals surface area contributed by atoms with E-state index < -0.39 is 30.9 Å². The Labute approximate surface area is 111 Å². The summed E-state index contributed by atoms with van der Waals surface area (Å²) in [6.07, 6.45) is 0.437.